The number of carbonyl (C=O) groups excluding carboxylic acids is 1. The van der Waals surface area contributed by atoms with Gasteiger partial charge in [-0.25, -0.2) is 0 Å². The molecule has 22 heavy (non-hydrogen) atoms. The SMILES string of the molecule is CC1CCCC(OCc2cccc(NC(=O)C(C)(C)N)c2)C1. The third-order valence-electron chi connectivity index (χ3n) is 4.14. The van der Waals surface area contributed by atoms with Gasteiger partial charge >= 0.3 is 0 Å². The van der Waals surface area contributed by atoms with E-state index >= 15 is 0 Å². The molecule has 0 spiro atoms. The molecule has 4 nitrogen and oxygen atoms in total. The first kappa shape index (κ1) is 17.0. The smallest absolute Gasteiger partial charge is 0.243 e. The molecule has 1 fully saturated rings. The van der Waals surface area contributed by atoms with E-state index in [-0.39, 0.29) is 5.91 Å². The number of ether oxygens (including phenoxy) is 1. The summed E-state index contributed by atoms with van der Waals surface area (Å²) in [6.45, 7) is 6.27. The lowest BCUT2D eigenvalue weighted by molar-refractivity contribution is -0.120. The molecule has 0 aliphatic heterocycles. The van der Waals surface area contributed by atoms with E-state index in [0.29, 0.717) is 12.7 Å². The van der Waals surface area contributed by atoms with Crippen molar-refractivity contribution >= 4 is 11.6 Å². The fraction of sp³-hybridized carbons (Fsp3) is 0.611. The fourth-order valence-corrected chi connectivity index (χ4v) is 2.77. The molecular formula is C18H28N2O2. The molecule has 2 unspecified atom stereocenters. The van der Waals surface area contributed by atoms with E-state index in [1.807, 2.05) is 24.3 Å². The Kier molecular flexibility index (Phi) is 5.59. The average molecular weight is 304 g/mol. The van der Waals surface area contributed by atoms with Gasteiger partial charge in [-0.3, -0.25) is 4.79 Å². The first-order valence-electron chi connectivity index (χ1n) is 8.15. The van der Waals surface area contributed by atoms with Crippen molar-refractivity contribution in [3.63, 3.8) is 0 Å². The number of hydrogen-bond donors (Lipinski definition) is 2. The maximum atomic E-state index is 11.9. The van der Waals surface area contributed by atoms with Crippen molar-refractivity contribution in [3.05, 3.63) is 29.8 Å². The number of nitrogens with one attached hydrogen (secondary N) is 1. The van der Waals surface area contributed by atoms with E-state index in [4.69, 9.17) is 10.5 Å². The summed E-state index contributed by atoms with van der Waals surface area (Å²) >= 11 is 0. The number of rotatable bonds is 5. The van der Waals surface area contributed by atoms with Crippen LogP contribution in [0.3, 0.4) is 0 Å². The Bertz CT molecular complexity index is 508. The summed E-state index contributed by atoms with van der Waals surface area (Å²) in [4.78, 5) is 11.9. The molecule has 0 radical (unpaired) electrons. The molecule has 1 amide bonds. The number of benzene rings is 1. The maximum Gasteiger partial charge on any atom is 0.243 e. The highest BCUT2D eigenvalue weighted by Gasteiger charge is 2.22. The second kappa shape index (κ2) is 7.25. The predicted molar refractivity (Wildman–Crippen MR) is 89.5 cm³/mol. The Morgan fingerprint density at radius 1 is 1.41 bits per heavy atom. The molecule has 0 saturated heterocycles. The molecule has 2 atom stereocenters. The van der Waals surface area contributed by atoms with Gasteiger partial charge in [-0.05, 0) is 50.3 Å². The van der Waals surface area contributed by atoms with Crippen LogP contribution < -0.4 is 11.1 Å². The zero-order valence-electron chi connectivity index (χ0n) is 13.9. The van der Waals surface area contributed by atoms with Crippen LogP contribution in [0.4, 0.5) is 5.69 Å². The fourth-order valence-electron chi connectivity index (χ4n) is 2.77. The van der Waals surface area contributed by atoms with E-state index in [0.717, 1.165) is 30.0 Å². The highest BCUT2D eigenvalue weighted by atomic mass is 16.5. The first-order valence-corrected chi connectivity index (χ1v) is 8.15. The zero-order valence-corrected chi connectivity index (χ0v) is 13.9. The van der Waals surface area contributed by atoms with E-state index < -0.39 is 5.54 Å². The molecule has 0 aromatic heterocycles. The summed E-state index contributed by atoms with van der Waals surface area (Å²) in [5, 5.41) is 2.85. The molecule has 0 heterocycles. The highest BCUT2D eigenvalue weighted by molar-refractivity contribution is 5.97. The van der Waals surface area contributed by atoms with Crippen molar-refractivity contribution in [3.8, 4) is 0 Å². The van der Waals surface area contributed by atoms with Gasteiger partial charge in [0.15, 0.2) is 0 Å². The number of amides is 1. The van der Waals surface area contributed by atoms with Crippen LogP contribution in [0.1, 0.15) is 52.0 Å². The van der Waals surface area contributed by atoms with Gasteiger partial charge in [0.25, 0.3) is 0 Å². The number of hydrogen-bond acceptors (Lipinski definition) is 3. The van der Waals surface area contributed by atoms with Crippen LogP contribution >= 0.6 is 0 Å². The second-order valence-electron chi connectivity index (χ2n) is 7.08. The topological polar surface area (TPSA) is 64.3 Å². The Labute approximate surface area is 133 Å². The molecule has 1 aromatic rings. The Hall–Kier alpha value is -1.39. The van der Waals surface area contributed by atoms with Crippen LogP contribution in [0.15, 0.2) is 24.3 Å². The average Bonchev–Trinajstić information content (AvgIpc) is 2.45. The summed E-state index contributed by atoms with van der Waals surface area (Å²) in [6.07, 6.45) is 5.24. The summed E-state index contributed by atoms with van der Waals surface area (Å²) in [6, 6.07) is 7.78. The highest BCUT2D eigenvalue weighted by Crippen LogP contribution is 2.26. The van der Waals surface area contributed by atoms with Gasteiger partial charge in [0.05, 0.1) is 18.2 Å². The van der Waals surface area contributed by atoms with E-state index in [9.17, 15) is 4.79 Å². The van der Waals surface area contributed by atoms with Crippen LogP contribution in [-0.2, 0) is 16.1 Å². The van der Waals surface area contributed by atoms with Gasteiger partial charge in [0, 0.05) is 5.69 Å². The van der Waals surface area contributed by atoms with Crippen LogP contribution in [-0.4, -0.2) is 17.6 Å². The Morgan fingerprint density at radius 3 is 2.86 bits per heavy atom. The molecule has 4 heteroatoms. The lowest BCUT2D eigenvalue weighted by Gasteiger charge is -2.26. The number of anilines is 1. The molecule has 122 valence electrons. The van der Waals surface area contributed by atoms with Gasteiger partial charge in [-0.1, -0.05) is 31.9 Å². The minimum absolute atomic E-state index is 0.188. The van der Waals surface area contributed by atoms with E-state index in [1.165, 1.54) is 12.8 Å². The van der Waals surface area contributed by atoms with Crippen LogP contribution in [0.5, 0.6) is 0 Å². The monoisotopic (exact) mass is 304 g/mol. The van der Waals surface area contributed by atoms with Gasteiger partial charge in [-0.2, -0.15) is 0 Å². The van der Waals surface area contributed by atoms with Crippen molar-refractivity contribution in [2.45, 2.75) is 64.7 Å². The Balaban J connectivity index is 1.90. The lowest BCUT2D eigenvalue weighted by atomic mass is 9.89. The van der Waals surface area contributed by atoms with Gasteiger partial charge in [-0.15, -0.1) is 0 Å². The molecule has 1 saturated carbocycles. The van der Waals surface area contributed by atoms with Gasteiger partial charge in [0.1, 0.15) is 0 Å². The van der Waals surface area contributed by atoms with E-state index in [2.05, 4.69) is 12.2 Å². The summed E-state index contributed by atoms with van der Waals surface area (Å²) < 4.78 is 6.03. The summed E-state index contributed by atoms with van der Waals surface area (Å²) in [7, 11) is 0. The molecule has 0 bridgehead atoms. The molecule has 1 aliphatic carbocycles. The van der Waals surface area contributed by atoms with Crippen molar-refractivity contribution in [1.29, 1.82) is 0 Å². The lowest BCUT2D eigenvalue weighted by Crippen LogP contribution is -2.45. The number of nitrogens with two attached hydrogens (primary N) is 1. The second-order valence-corrected chi connectivity index (χ2v) is 7.08. The third kappa shape index (κ3) is 5.11. The van der Waals surface area contributed by atoms with Crippen molar-refractivity contribution in [2.75, 3.05) is 5.32 Å². The minimum atomic E-state index is -0.884. The van der Waals surface area contributed by atoms with Crippen molar-refractivity contribution in [2.24, 2.45) is 11.7 Å². The molecule has 1 aromatic carbocycles. The van der Waals surface area contributed by atoms with E-state index in [1.54, 1.807) is 13.8 Å². The van der Waals surface area contributed by atoms with Crippen molar-refractivity contribution < 1.29 is 9.53 Å². The van der Waals surface area contributed by atoms with Crippen LogP contribution in [0.2, 0.25) is 0 Å². The normalized spacial score (nSPS) is 22.4. The minimum Gasteiger partial charge on any atom is -0.374 e. The van der Waals surface area contributed by atoms with Gasteiger partial charge in [0.2, 0.25) is 5.91 Å². The zero-order chi connectivity index (χ0) is 16.2. The summed E-state index contributed by atoms with van der Waals surface area (Å²) in [5.74, 6) is 0.572. The van der Waals surface area contributed by atoms with Crippen LogP contribution in [0.25, 0.3) is 0 Å². The first-order chi connectivity index (χ1) is 10.3. The standard InChI is InChI=1S/C18H28N2O2/c1-13-6-4-9-16(10-13)22-12-14-7-5-8-15(11-14)20-17(21)18(2,3)19/h5,7-8,11,13,16H,4,6,9-10,12,19H2,1-3H3,(H,20,21). The third-order valence-corrected chi connectivity index (χ3v) is 4.14. The maximum absolute atomic E-state index is 11.9. The molecule has 3 N–H and O–H groups in total. The quantitative estimate of drug-likeness (QED) is 0.875. The molecule has 2 rings (SSSR count). The number of carbonyl (C=O) groups is 1. The Morgan fingerprint density at radius 2 is 2.18 bits per heavy atom. The molecular weight excluding hydrogens is 276 g/mol. The van der Waals surface area contributed by atoms with Crippen LogP contribution in [0, 0.1) is 5.92 Å². The van der Waals surface area contributed by atoms with Gasteiger partial charge < -0.3 is 15.8 Å². The molecule has 1 aliphatic rings. The summed E-state index contributed by atoms with van der Waals surface area (Å²) in [5.41, 5.74) is 6.75. The van der Waals surface area contributed by atoms with Crippen molar-refractivity contribution in [1.82, 2.24) is 0 Å². The predicted octanol–water partition coefficient (Wildman–Crippen LogP) is 3.46. The largest absolute Gasteiger partial charge is 0.374 e.